The summed E-state index contributed by atoms with van der Waals surface area (Å²) in [5, 5.41) is 10.7. The average Bonchev–Trinajstić information content (AvgIpc) is 2.74. The second-order valence-electron chi connectivity index (χ2n) is 5.11. The number of nitrogens with one attached hydrogen (secondary N) is 2. The Morgan fingerprint density at radius 3 is 3.06 bits per heavy atom. The number of H-pyrrole nitrogens is 1. The van der Waals surface area contributed by atoms with Crippen LogP contribution in [0.15, 0.2) is 24.4 Å². The van der Waals surface area contributed by atoms with Gasteiger partial charge in [0.2, 0.25) is 5.91 Å². The van der Waals surface area contributed by atoms with E-state index in [9.17, 15) is 4.79 Å². The van der Waals surface area contributed by atoms with Gasteiger partial charge in [-0.15, -0.1) is 0 Å². The Morgan fingerprint density at radius 2 is 2.33 bits per heavy atom. The monoisotopic (exact) mass is 244 g/mol. The maximum atomic E-state index is 11.9. The highest BCUT2D eigenvalue weighted by Crippen LogP contribution is 2.32. The summed E-state index contributed by atoms with van der Waals surface area (Å²) < 4.78 is 0. The van der Waals surface area contributed by atoms with Crippen molar-refractivity contribution in [2.45, 2.75) is 31.2 Å². The van der Waals surface area contributed by atoms with Crippen LogP contribution in [0.5, 0.6) is 0 Å². The maximum absolute atomic E-state index is 11.9. The van der Waals surface area contributed by atoms with E-state index in [0.29, 0.717) is 6.42 Å². The van der Waals surface area contributed by atoms with E-state index in [1.165, 1.54) is 0 Å². The molecule has 0 aliphatic heterocycles. The number of rotatable bonds is 3. The molecule has 1 saturated carbocycles. The predicted molar refractivity (Wildman–Crippen MR) is 70.1 cm³/mol. The van der Waals surface area contributed by atoms with Gasteiger partial charge in [0.25, 0.3) is 0 Å². The smallest absolute Gasteiger partial charge is 0.226 e. The number of benzene rings is 1. The lowest BCUT2D eigenvalue weighted by Gasteiger charge is -2.37. The molecule has 5 nitrogen and oxygen atoms in total. The topological polar surface area (TPSA) is 83.8 Å². The molecule has 0 radical (unpaired) electrons. The van der Waals surface area contributed by atoms with E-state index in [0.717, 1.165) is 35.9 Å². The maximum Gasteiger partial charge on any atom is 0.226 e. The molecule has 0 atom stereocenters. The van der Waals surface area contributed by atoms with Gasteiger partial charge in [0.1, 0.15) is 0 Å². The Balaban J connectivity index is 1.69. The van der Waals surface area contributed by atoms with Crippen LogP contribution in [-0.2, 0) is 4.79 Å². The molecule has 1 aromatic carbocycles. The Bertz CT molecular complexity index is 585. The number of nitrogens with two attached hydrogens (primary N) is 1. The van der Waals surface area contributed by atoms with Gasteiger partial charge in [-0.1, -0.05) is 0 Å². The molecule has 1 aliphatic carbocycles. The molecule has 2 aromatic rings. The van der Waals surface area contributed by atoms with E-state index < -0.39 is 0 Å². The minimum Gasteiger partial charge on any atom is -0.326 e. The first-order valence-corrected chi connectivity index (χ1v) is 6.17. The molecule has 4 N–H and O–H groups in total. The summed E-state index contributed by atoms with van der Waals surface area (Å²) in [6.07, 6.45) is 5.16. The van der Waals surface area contributed by atoms with Gasteiger partial charge in [0.15, 0.2) is 0 Å². The van der Waals surface area contributed by atoms with Crippen molar-refractivity contribution in [3.8, 4) is 0 Å². The Labute approximate surface area is 105 Å². The van der Waals surface area contributed by atoms with Crippen LogP contribution >= 0.6 is 0 Å². The predicted octanol–water partition coefficient (Wildman–Crippen LogP) is 1.77. The quantitative estimate of drug-likeness (QED) is 0.769. The molecule has 0 spiro atoms. The first-order chi connectivity index (χ1) is 8.65. The molecule has 0 unspecified atom stereocenters. The highest BCUT2D eigenvalue weighted by Gasteiger charge is 2.34. The van der Waals surface area contributed by atoms with Gasteiger partial charge in [0, 0.05) is 23.0 Å². The fourth-order valence-electron chi connectivity index (χ4n) is 2.35. The summed E-state index contributed by atoms with van der Waals surface area (Å²) in [6, 6.07) is 5.67. The zero-order valence-electron chi connectivity index (χ0n) is 10.1. The second kappa shape index (κ2) is 4.10. The van der Waals surface area contributed by atoms with Crippen LogP contribution < -0.4 is 11.1 Å². The summed E-state index contributed by atoms with van der Waals surface area (Å²) in [5.74, 6) is -0.0138. The van der Waals surface area contributed by atoms with Gasteiger partial charge in [-0.25, -0.2) is 0 Å². The van der Waals surface area contributed by atoms with Crippen LogP contribution in [0.25, 0.3) is 10.9 Å². The number of hydrogen-bond acceptors (Lipinski definition) is 3. The molecule has 94 valence electrons. The molecular weight excluding hydrogens is 228 g/mol. The van der Waals surface area contributed by atoms with Crippen molar-refractivity contribution in [1.82, 2.24) is 10.2 Å². The van der Waals surface area contributed by atoms with E-state index in [-0.39, 0.29) is 11.4 Å². The number of carbonyl (C=O) groups is 1. The molecule has 3 rings (SSSR count). The van der Waals surface area contributed by atoms with E-state index in [2.05, 4.69) is 15.5 Å². The number of amides is 1. The highest BCUT2D eigenvalue weighted by atomic mass is 16.1. The van der Waals surface area contributed by atoms with Gasteiger partial charge in [0.05, 0.1) is 11.7 Å². The first kappa shape index (κ1) is 11.2. The summed E-state index contributed by atoms with van der Waals surface area (Å²) in [7, 11) is 0. The van der Waals surface area contributed by atoms with Crippen molar-refractivity contribution in [2.24, 2.45) is 5.73 Å². The summed E-state index contributed by atoms with van der Waals surface area (Å²) in [5.41, 5.74) is 7.53. The molecule has 1 fully saturated rings. The standard InChI is InChI=1S/C13H16N4O/c14-13(4-1-5-13)7-12(18)16-10-2-3-11-9(6-10)8-15-17-11/h2-3,6,8H,1,4-5,7,14H2,(H,15,17)(H,16,18). The number of fused-ring (bicyclic) bond motifs is 1. The number of hydrogen-bond donors (Lipinski definition) is 3. The normalized spacial score (nSPS) is 17.4. The van der Waals surface area contributed by atoms with Crippen LogP contribution in [0.1, 0.15) is 25.7 Å². The third kappa shape index (κ3) is 2.09. The van der Waals surface area contributed by atoms with E-state index in [4.69, 9.17) is 5.73 Å². The molecule has 1 amide bonds. The van der Waals surface area contributed by atoms with E-state index >= 15 is 0 Å². The molecule has 0 bridgehead atoms. The molecule has 1 heterocycles. The van der Waals surface area contributed by atoms with Crippen LogP contribution in [0.2, 0.25) is 0 Å². The lowest BCUT2D eigenvalue weighted by atomic mass is 9.75. The molecular formula is C13H16N4O. The summed E-state index contributed by atoms with van der Waals surface area (Å²) in [6.45, 7) is 0. The van der Waals surface area contributed by atoms with Crippen LogP contribution in [-0.4, -0.2) is 21.6 Å². The molecule has 5 heteroatoms. The molecule has 1 aliphatic rings. The largest absolute Gasteiger partial charge is 0.326 e. The molecule has 18 heavy (non-hydrogen) atoms. The van der Waals surface area contributed by atoms with E-state index in [1.54, 1.807) is 6.20 Å². The molecule has 0 saturated heterocycles. The average molecular weight is 244 g/mol. The zero-order valence-corrected chi connectivity index (χ0v) is 10.1. The van der Waals surface area contributed by atoms with Gasteiger partial charge in [-0.3, -0.25) is 9.89 Å². The Kier molecular flexibility index (Phi) is 2.56. The lowest BCUT2D eigenvalue weighted by molar-refractivity contribution is -0.118. The third-order valence-corrected chi connectivity index (χ3v) is 3.59. The number of anilines is 1. The van der Waals surface area contributed by atoms with Crippen LogP contribution in [0, 0.1) is 0 Å². The summed E-state index contributed by atoms with van der Waals surface area (Å²) in [4.78, 5) is 11.9. The number of aromatic nitrogens is 2. The fraction of sp³-hybridized carbons (Fsp3) is 0.385. The van der Waals surface area contributed by atoms with Gasteiger partial charge in [-0.05, 0) is 37.5 Å². The minimum absolute atomic E-state index is 0.0138. The van der Waals surface area contributed by atoms with Crippen molar-refractivity contribution in [3.63, 3.8) is 0 Å². The van der Waals surface area contributed by atoms with Crippen molar-refractivity contribution < 1.29 is 4.79 Å². The fourth-order valence-corrected chi connectivity index (χ4v) is 2.35. The SMILES string of the molecule is NC1(CC(=O)Nc2ccc3[nH]ncc3c2)CCC1. The van der Waals surface area contributed by atoms with Crippen molar-refractivity contribution in [1.29, 1.82) is 0 Å². The Morgan fingerprint density at radius 1 is 1.50 bits per heavy atom. The van der Waals surface area contributed by atoms with Crippen molar-refractivity contribution in [3.05, 3.63) is 24.4 Å². The first-order valence-electron chi connectivity index (χ1n) is 6.17. The van der Waals surface area contributed by atoms with Gasteiger partial charge < -0.3 is 11.1 Å². The van der Waals surface area contributed by atoms with Gasteiger partial charge >= 0.3 is 0 Å². The number of nitrogens with zero attached hydrogens (tertiary/aromatic N) is 1. The van der Waals surface area contributed by atoms with Gasteiger partial charge in [-0.2, -0.15) is 5.10 Å². The number of carbonyl (C=O) groups excluding carboxylic acids is 1. The van der Waals surface area contributed by atoms with Crippen molar-refractivity contribution >= 4 is 22.5 Å². The lowest BCUT2D eigenvalue weighted by Crippen LogP contribution is -2.48. The van der Waals surface area contributed by atoms with Crippen LogP contribution in [0.3, 0.4) is 0 Å². The zero-order chi connectivity index (χ0) is 12.6. The van der Waals surface area contributed by atoms with Crippen LogP contribution in [0.4, 0.5) is 5.69 Å². The second-order valence-corrected chi connectivity index (χ2v) is 5.11. The Hall–Kier alpha value is -1.88. The highest BCUT2D eigenvalue weighted by molar-refractivity contribution is 5.94. The summed E-state index contributed by atoms with van der Waals surface area (Å²) >= 11 is 0. The minimum atomic E-state index is -0.274. The third-order valence-electron chi connectivity index (χ3n) is 3.59. The van der Waals surface area contributed by atoms with Crippen molar-refractivity contribution in [2.75, 3.05) is 5.32 Å². The van der Waals surface area contributed by atoms with E-state index in [1.807, 2.05) is 18.2 Å². The number of aromatic amines is 1. The molecule has 1 aromatic heterocycles.